The lowest BCUT2D eigenvalue weighted by molar-refractivity contribution is 0.0891. The molecule has 6 heteroatoms. The number of hydrogen-bond donors (Lipinski definition) is 2. The van der Waals surface area contributed by atoms with Crippen LogP contribution in [0.25, 0.3) is 0 Å². The fraction of sp³-hybridized carbons (Fsp3) is 0.733. The highest BCUT2D eigenvalue weighted by Crippen LogP contribution is 2.27. The zero-order chi connectivity index (χ0) is 14.2. The van der Waals surface area contributed by atoms with Crippen LogP contribution in [0.3, 0.4) is 0 Å². The highest BCUT2D eigenvalue weighted by Gasteiger charge is 2.32. The van der Waals surface area contributed by atoms with Gasteiger partial charge >= 0.3 is 0 Å². The van der Waals surface area contributed by atoms with Crippen LogP contribution in [-0.4, -0.2) is 52.1 Å². The molecule has 1 aromatic heterocycles. The second-order valence-electron chi connectivity index (χ2n) is 6.45. The third-order valence-electron chi connectivity index (χ3n) is 5.02. The minimum absolute atomic E-state index is 0.0184. The minimum atomic E-state index is -0.0184. The van der Waals surface area contributed by atoms with Gasteiger partial charge in [0.15, 0.2) is 0 Å². The number of amides is 1. The Morgan fingerprint density at radius 1 is 1.29 bits per heavy atom. The van der Waals surface area contributed by atoms with E-state index in [0.29, 0.717) is 17.8 Å². The number of fused-ring (bicyclic) bond motifs is 2. The molecule has 4 heterocycles. The van der Waals surface area contributed by atoms with Gasteiger partial charge in [-0.15, -0.1) is 0 Å². The van der Waals surface area contributed by atoms with Crippen molar-refractivity contribution in [1.82, 2.24) is 19.8 Å². The van der Waals surface area contributed by atoms with Crippen LogP contribution in [0.1, 0.15) is 42.6 Å². The van der Waals surface area contributed by atoms with E-state index in [1.165, 1.54) is 19.4 Å². The molecule has 2 N–H and O–H groups in total. The predicted molar refractivity (Wildman–Crippen MR) is 80.4 cm³/mol. The average molecular weight is 289 g/mol. The first-order chi connectivity index (χ1) is 10.3. The molecule has 0 spiro atoms. The van der Waals surface area contributed by atoms with Crippen LogP contribution in [0, 0.1) is 0 Å². The molecule has 0 radical (unpaired) electrons. The molecule has 0 aliphatic carbocycles. The Morgan fingerprint density at radius 3 is 3.14 bits per heavy atom. The van der Waals surface area contributed by atoms with Crippen molar-refractivity contribution in [2.45, 2.75) is 50.7 Å². The lowest BCUT2D eigenvalue weighted by Crippen LogP contribution is -2.47. The van der Waals surface area contributed by atoms with E-state index in [1.54, 1.807) is 0 Å². The van der Waals surface area contributed by atoms with Gasteiger partial charge in [0.2, 0.25) is 5.95 Å². The number of nitrogens with one attached hydrogen (secondary N) is 2. The summed E-state index contributed by atoms with van der Waals surface area (Å²) in [5.74, 6) is 0.812. The number of piperidine rings is 1. The molecule has 0 bridgehead atoms. The number of aryl methyl sites for hydroxylation is 1. The zero-order valence-corrected chi connectivity index (χ0v) is 12.3. The van der Waals surface area contributed by atoms with Crippen molar-refractivity contribution in [3.63, 3.8) is 0 Å². The Kier molecular flexibility index (Phi) is 3.33. The molecule has 2 fully saturated rings. The molecule has 2 unspecified atom stereocenters. The first-order valence-electron chi connectivity index (χ1n) is 8.15. The minimum Gasteiger partial charge on any atom is -0.356 e. The maximum Gasteiger partial charge on any atom is 0.271 e. The van der Waals surface area contributed by atoms with E-state index in [1.807, 2.05) is 10.8 Å². The van der Waals surface area contributed by atoms with Gasteiger partial charge in [0.05, 0.1) is 0 Å². The number of aromatic nitrogens is 2. The summed E-state index contributed by atoms with van der Waals surface area (Å²) in [4.78, 5) is 19.4. The average Bonchev–Trinajstić information content (AvgIpc) is 3.13. The second kappa shape index (κ2) is 5.33. The van der Waals surface area contributed by atoms with Crippen molar-refractivity contribution in [3.05, 3.63) is 11.9 Å². The topological polar surface area (TPSA) is 62.2 Å². The summed E-state index contributed by atoms with van der Waals surface area (Å²) in [5, 5.41) is 6.42. The van der Waals surface area contributed by atoms with E-state index < -0.39 is 0 Å². The Morgan fingerprint density at radius 2 is 2.24 bits per heavy atom. The summed E-state index contributed by atoms with van der Waals surface area (Å²) in [6, 6.07) is 0.990. The Labute approximate surface area is 124 Å². The fourth-order valence-corrected chi connectivity index (χ4v) is 3.90. The van der Waals surface area contributed by atoms with E-state index >= 15 is 0 Å². The monoisotopic (exact) mass is 289 g/mol. The summed E-state index contributed by atoms with van der Waals surface area (Å²) in [7, 11) is 0. The first kappa shape index (κ1) is 13.1. The molecule has 4 rings (SSSR count). The van der Waals surface area contributed by atoms with Crippen molar-refractivity contribution in [2.24, 2.45) is 0 Å². The van der Waals surface area contributed by atoms with Gasteiger partial charge in [-0.2, -0.15) is 0 Å². The van der Waals surface area contributed by atoms with Crippen LogP contribution in [0.4, 0.5) is 5.95 Å². The number of imidazole rings is 1. The van der Waals surface area contributed by atoms with Gasteiger partial charge < -0.3 is 20.1 Å². The van der Waals surface area contributed by atoms with Crippen LogP contribution in [0.2, 0.25) is 0 Å². The van der Waals surface area contributed by atoms with Crippen molar-refractivity contribution in [3.8, 4) is 0 Å². The number of carbonyl (C=O) groups is 1. The lowest BCUT2D eigenvalue weighted by Gasteiger charge is -2.34. The normalized spacial score (nSPS) is 28.6. The summed E-state index contributed by atoms with van der Waals surface area (Å²) in [6.45, 7) is 4.25. The van der Waals surface area contributed by atoms with Crippen LogP contribution in [0.5, 0.6) is 0 Å². The van der Waals surface area contributed by atoms with E-state index in [2.05, 4.69) is 20.5 Å². The quantitative estimate of drug-likeness (QED) is 0.854. The Hall–Kier alpha value is -1.56. The molecule has 1 amide bonds. The second-order valence-corrected chi connectivity index (χ2v) is 6.45. The van der Waals surface area contributed by atoms with Gasteiger partial charge in [-0.05, 0) is 38.6 Å². The first-order valence-corrected chi connectivity index (χ1v) is 8.15. The van der Waals surface area contributed by atoms with Gasteiger partial charge in [0, 0.05) is 37.9 Å². The number of anilines is 1. The van der Waals surface area contributed by atoms with Crippen molar-refractivity contribution in [1.29, 1.82) is 0 Å². The van der Waals surface area contributed by atoms with Crippen molar-refractivity contribution >= 4 is 11.9 Å². The van der Waals surface area contributed by atoms with Gasteiger partial charge in [0.1, 0.15) is 5.69 Å². The van der Waals surface area contributed by atoms with E-state index in [0.717, 1.165) is 44.8 Å². The van der Waals surface area contributed by atoms with Gasteiger partial charge in [-0.1, -0.05) is 0 Å². The van der Waals surface area contributed by atoms with E-state index in [4.69, 9.17) is 0 Å². The van der Waals surface area contributed by atoms with Gasteiger partial charge in [-0.3, -0.25) is 4.79 Å². The smallest absolute Gasteiger partial charge is 0.271 e. The molecule has 3 aliphatic rings. The molecule has 0 aromatic carbocycles. The molecule has 21 heavy (non-hydrogen) atoms. The number of nitrogens with zero attached hydrogens (tertiary/aromatic N) is 3. The Balaban J connectivity index is 1.40. The Bertz CT molecular complexity index is 517. The molecule has 0 saturated carbocycles. The summed E-state index contributed by atoms with van der Waals surface area (Å²) < 4.78 is 2.04. The molecular formula is C15H23N5O. The summed E-state index contributed by atoms with van der Waals surface area (Å²) >= 11 is 0. The maximum absolute atomic E-state index is 12.4. The fourth-order valence-electron chi connectivity index (χ4n) is 3.90. The standard InChI is InChI=1S/C15H23N5O/c21-14(13-10-20-7-2-5-16-15(20)18-13)17-11-4-8-19-6-1-3-12(19)9-11/h10-12H,1-9H2,(H,16,18)(H,17,21). The third-order valence-corrected chi connectivity index (χ3v) is 5.02. The van der Waals surface area contributed by atoms with Crippen molar-refractivity contribution in [2.75, 3.05) is 25.0 Å². The molecule has 1 aromatic rings. The molecule has 2 atom stereocenters. The van der Waals surface area contributed by atoms with E-state index in [-0.39, 0.29) is 5.91 Å². The van der Waals surface area contributed by atoms with Crippen LogP contribution in [-0.2, 0) is 6.54 Å². The number of hydrogen-bond acceptors (Lipinski definition) is 4. The molecule has 2 saturated heterocycles. The van der Waals surface area contributed by atoms with Crippen LogP contribution < -0.4 is 10.6 Å². The predicted octanol–water partition coefficient (Wildman–Crippen LogP) is 1.06. The van der Waals surface area contributed by atoms with Crippen molar-refractivity contribution < 1.29 is 4.79 Å². The molecular weight excluding hydrogens is 266 g/mol. The summed E-state index contributed by atoms with van der Waals surface area (Å²) in [5.41, 5.74) is 0.549. The van der Waals surface area contributed by atoms with E-state index in [9.17, 15) is 4.79 Å². The van der Waals surface area contributed by atoms with Gasteiger partial charge in [-0.25, -0.2) is 4.98 Å². The number of carbonyl (C=O) groups excluding carboxylic acids is 1. The number of rotatable bonds is 2. The molecule has 6 nitrogen and oxygen atoms in total. The summed E-state index contributed by atoms with van der Waals surface area (Å²) in [6.07, 6.45) is 7.72. The highest BCUT2D eigenvalue weighted by molar-refractivity contribution is 5.92. The van der Waals surface area contributed by atoms with Gasteiger partial charge in [0.25, 0.3) is 5.91 Å². The highest BCUT2D eigenvalue weighted by atomic mass is 16.2. The van der Waals surface area contributed by atoms with Crippen LogP contribution >= 0.6 is 0 Å². The maximum atomic E-state index is 12.4. The SMILES string of the molecule is O=C(NC1CCN2CCCC2C1)c1cn2c(n1)NCCC2. The molecule has 3 aliphatic heterocycles. The largest absolute Gasteiger partial charge is 0.356 e. The zero-order valence-electron chi connectivity index (χ0n) is 12.3. The van der Waals surface area contributed by atoms with Crippen LogP contribution in [0.15, 0.2) is 6.20 Å². The molecule has 114 valence electrons. The lowest BCUT2D eigenvalue weighted by atomic mass is 9.97. The third kappa shape index (κ3) is 2.52.